The van der Waals surface area contributed by atoms with E-state index in [-0.39, 0.29) is 18.4 Å². The van der Waals surface area contributed by atoms with Crippen LogP contribution in [0.15, 0.2) is 59.5 Å². The van der Waals surface area contributed by atoms with Gasteiger partial charge in [0.1, 0.15) is 0 Å². The number of ether oxygens (including phenoxy) is 1. The summed E-state index contributed by atoms with van der Waals surface area (Å²) in [5, 5.41) is 2.73. The lowest BCUT2D eigenvalue weighted by atomic mass is 10.1. The van der Waals surface area contributed by atoms with Crippen LogP contribution in [0, 0.1) is 0 Å². The van der Waals surface area contributed by atoms with Crippen molar-refractivity contribution in [3.63, 3.8) is 0 Å². The van der Waals surface area contributed by atoms with Crippen molar-refractivity contribution in [2.45, 2.75) is 17.7 Å². The van der Waals surface area contributed by atoms with E-state index in [0.29, 0.717) is 30.8 Å². The van der Waals surface area contributed by atoms with Crippen molar-refractivity contribution in [2.75, 3.05) is 30.3 Å². The average Bonchev–Trinajstić information content (AvgIpc) is 3.16. The van der Waals surface area contributed by atoms with Crippen LogP contribution < -0.4 is 10.2 Å². The molecule has 146 valence electrons. The third-order valence-corrected chi connectivity index (χ3v) is 5.27. The van der Waals surface area contributed by atoms with Gasteiger partial charge in [0.25, 0.3) is 5.91 Å². The first-order valence-corrected chi connectivity index (χ1v) is 10.1. The third kappa shape index (κ3) is 5.36. The van der Waals surface area contributed by atoms with Crippen LogP contribution in [0.25, 0.3) is 0 Å². The van der Waals surface area contributed by atoms with Gasteiger partial charge in [-0.3, -0.25) is 9.59 Å². The number of carbonyl (C=O) groups excluding carboxylic acids is 3. The normalized spacial score (nSPS) is 13.4. The number of esters is 1. The van der Waals surface area contributed by atoms with Crippen LogP contribution in [-0.2, 0) is 14.3 Å². The Bertz CT molecular complexity index is 841. The molecule has 0 saturated carbocycles. The minimum absolute atomic E-state index is 0.00564. The fourth-order valence-electron chi connectivity index (χ4n) is 2.92. The SMILES string of the molecule is O=C(COC(=O)c1ccccc1N1CCCC1=O)NCCSc1ccccc1. The highest BCUT2D eigenvalue weighted by molar-refractivity contribution is 7.99. The minimum Gasteiger partial charge on any atom is -0.452 e. The number of nitrogens with one attached hydrogen (secondary N) is 1. The Morgan fingerprint density at radius 1 is 1.07 bits per heavy atom. The molecule has 1 aliphatic heterocycles. The van der Waals surface area contributed by atoms with Gasteiger partial charge in [-0.2, -0.15) is 0 Å². The number of hydrogen-bond acceptors (Lipinski definition) is 5. The second-order valence-corrected chi connectivity index (χ2v) is 7.42. The van der Waals surface area contributed by atoms with Crippen molar-refractivity contribution in [3.8, 4) is 0 Å². The van der Waals surface area contributed by atoms with Crippen molar-refractivity contribution >= 4 is 35.2 Å². The maximum Gasteiger partial charge on any atom is 0.340 e. The largest absolute Gasteiger partial charge is 0.452 e. The average molecular weight is 398 g/mol. The number of amides is 2. The molecular formula is C21H22N2O4S. The van der Waals surface area contributed by atoms with E-state index in [1.54, 1.807) is 40.9 Å². The molecule has 1 fully saturated rings. The minimum atomic E-state index is -0.607. The van der Waals surface area contributed by atoms with Gasteiger partial charge in [-0.15, -0.1) is 11.8 Å². The molecular weight excluding hydrogens is 376 g/mol. The summed E-state index contributed by atoms with van der Waals surface area (Å²) in [5.41, 5.74) is 0.833. The predicted octanol–water partition coefficient (Wildman–Crippen LogP) is 2.88. The number of nitrogens with zero attached hydrogens (tertiary/aromatic N) is 1. The van der Waals surface area contributed by atoms with E-state index in [1.165, 1.54) is 0 Å². The van der Waals surface area contributed by atoms with E-state index < -0.39 is 5.97 Å². The summed E-state index contributed by atoms with van der Waals surface area (Å²) in [6, 6.07) is 16.7. The Balaban J connectivity index is 1.45. The molecule has 1 heterocycles. The molecule has 7 heteroatoms. The van der Waals surface area contributed by atoms with E-state index in [0.717, 1.165) is 17.1 Å². The van der Waals surface area contributed by atoms with Crippen LogP contribution in [0.4, 0.5) is 5.69 Å². The molecule has 1 saturated heterocycles. The van der Waals surface area contributed by atoms with Crippen LogP contribution >= 0.6 is 11.8 Å². The molecule has 1 aliphatic rings. The number of carbonyl (C=O) groups is 3. The summed E-state index contributed by atoms with van der Waals surface area (Å²) in [5.74, 6) is -0.237. The van der Waals surface area contributed by atoms with Crippen LogP contribution in [0.1, 0.15) is 23.2 Å². The summed E-state index contributed by atoms with van der Waals surface area (Å²) in [7, 11) is 0. The fraction of sp³-hybridized carbons (Fsp3) is 0.286. The first kappa shape index (κ1) is 19.9. The van der Waals surface area contributed by atoms with Crippen molar-refractivity contribution in [1.82, 2.24) is 5.32 Å². The Morgan fingerprint density at radius 2 is 1.82 bits per heavy atom. The first-order chi connectivity index (χ1) is 13.6. The molecule has 6 nitrogen and oxygen atoms in total. The highest BCUT2D eigenvalue weighted by atomic mass is 32.2. The van der Waals surface area contributed by atoms with Gasteiger partial charge in [0.15, 0.2) is 6.61 Å². The van der Waals surface area contributed by atoms with Gasteiger partial charge in [-0.25, -0.2) is 4.79 Å². The van der Waals surface area contributed by atoms with E-state index in [4.69, 9.17) is 4.74 Å². The predicted molar refractivity (Wildman–Crippen MR) is 108 cm³/mol. The van der Waals surface area contributed by atoms with E-state index in [1.807, 2.05) is 30.3 Å². The standard InChI is InChI=1S/C21H22N2O4S/c24-19(22-12-14-28-16-7-2-1-3-8-16)15-27-21(26)17-9-4-5-10-18(17)23-13-6-11-20(23)25/h1-5,7-10H,6,11-15H2,(H,22,24). The zero-order chi connectivity index (χ0) is 19.8. The number of benzene rings is 2. The van der Waals surface area contributed by atoms with Gasteiger partial charge < -0.3 is 15.0 Å². The number of para-hydroxylation sites is 1. The Labute approximate surface area is 168 Å². The highest BCUT2D eigenvalue weighted by Crippen LogP contribution is 2.25. The van der Waals surface area contributed by atoms with Crippen LogP contribution in [0.2, 0.25) is 0 Å². The second kappa shape index (κ2) is 9.94. The van der Waals surface area contributed by atoms with Crippen LogP contribution in [0.3, 0.4) is 0 Å². The van der Waals surface area contributed by atoms with Crippen molar-refractivity contribution in [2.24, 2.45) is 0 Å². The van der Waals surface area contributed by atoms with Crippen molar-refractivity contribution in [3.05, 3.63) is 60.2 Å². The Morgan fingerprint density at radius 3 is 2.57 bits per heavy atom. The van der Waals surface area contributed by atoms with Crippen molar-refractivity contribution in [1.29, 1.82) is 0 Å². The molecule has 0 atom stereocenters. The van der Waals surface area contributed by atoms with E-state index >= 15 is 0 Å². The maximum absolute atomic E-state index is 12.4. The molecule has 0 bridgehead atoms. The summed E-state index contributed by atoms with van der Waals surface area (Å²) in [4.78, 5) is 39.0. The summed E-state index contributed by atoms with van der Waals surface area (Å²) >= 11 is 1.64. The molecule has 0 unspecified atom stereocenters. The lowest BCUT2D eigenvalue weighted by Gasteiger charge is -2.18. The molecule has 0 spiro atoms. The number of rotatable bonds is 8. The molecule has 1 N–H and O–H groups in total. The fourth-order valence-corrected chi connectivity index (χ4v) is 3.71. The molecule has 2 aromatic carbocycles. The molecule has 2 amide bonds. The van der Waals surface area contributed by atoms with Crippen LogP contribution in [-0.4, -0.2) is 43.2 Å². The molecule has 0 aromatic heterocycles. The van der Waals surface area contributed by atoms with Gasteiger partial charge >= 0.3 is 5.97 Å². The molecule has 0 radical (unpaired) electrons. The monoisotopic (exact) mass is 398 g/mol. The Hall–Kier alpha value is -2.80. The van der Waals surface area contributed by atoms with Gasteiger partial charge in [0.2, 0.25) is 5.91 Å². The Kier molecular flexibility index (Phi) is 7.08. The first-order valence-electron chi connectivity index (χ1n) is 9.16. The number of hydrogen-bond donors (Lipinski definition) is 1. The quantitative estimate of drug-likeness (QED) is 0.420. The lowest BCUT2D eigenvalue weighted by molar-refractivity contribution is -0.124. The smallest absolute Gasteiger partial charge is 0.340 e. The zero-order valence-electron chi connectivity index (χ0n) is 15.4. The summed E-state index contributed by atoms with van der Waals surface area (Å²) in [6.07, 6.45) is 1.25. The van der Waals surface area contributed by atoms with Gasteiger partial charge in [0.05, 0.1) is 11.3 Å². The lowest BCUT2D eigenvalue weighted by Crippen LogP contribution is -2.31. The third-order valence-electron chi connectivity index (χ3n) is 4.26. The topological polar surface area (TPSA) is 75.7 Å². The van der Waals surface area contributed by atoms with Gasteiger partial charge in [0, 0.05) is 30.2 Å². The van der Waals surface area contributed by atoms with Gasteiger partial charge in [-0.05, 0) is 30.7 Å². The maximum atomic E-state index is 12.4. The van der Waals surface area contributed by atoms with E-state index in [9.17, 15) is 14.4 Å². The second-order valence-electron chi connectivity index (χ2n) is 6.25. The number of anilines is 1. The molecule has 3 rings (SSSR count). The molecule has 0 aliphatic carbocycles. The number of thioether (sulfide) groups is 1. The molecule has 2 aromatic rings. The molecule has 28 heavy (non-hydrogen) atoms. The van der Waals surface area contributed by atoms with Crippen LogP contribution in [0.5, 0.6) is 0 Å². The summed E-state index contributed by atoms with van der Waals surface area (Å²) < 4.78 is 5.14. The van der Waals surface area contributed by atoms with Gasteiger partial charge in [-0.1, -0.05) is 30.3 Å². The highest BCUT2D eigenvalue weighted by Gasteiger charge is 2.26. The van der Waals surface area contributed by atoms with E-state index in [2.05, 4.69) is 5.32 Å². The zero-order valence-corrected chi connectivity index (χ0v) is 16.2. The summed E-state index contributed by atoms with van der Waals surface area (Å²) in [6.45, 7) is 0.717. The van der Waals surface area contributed by atoms with Crippen molar-refractivity contribution < 1.29 is 19.1 Å².